The van der Waals surface area contributed by atoms with Gasteiger partial charge in [-0.3, -0.25) is 9.59 Å². The predicted octanol–water partition coefficient (Wildman–Crippen LogP) is 2.65. The Labute approximate surface area is 129 Å². The number of carbonyl (C=O) groups excluding carboxylic acids is 1. The van der Waals surface area contributed by atoms with Crippen LogP contribution in [-0.2, 0) is 16.0 Å². The van der Waals surface area contributed by atoms with E-state index < -0.39 is 5.97 Å². The van der Waals surface area contributed by atoms with E-state index in [4.69, 9.17) is 21.4 Å². The Morgan fingerprint density at radius 1 is 1.33 bits per heavy atom. The maximum Gasteiger partial charge on any atom is 0.303 e. The number of carbonyl (C=O) groups is 2. The van der Waals surface area contributed by atoms with Gasteiger partial charge in [0.1, 0.15) is 5.75 Å². The van der Waals surface area contributed by atoms with E-state index in [1.807, 2.05) is 19.1 Å². The minimum absolute atomic E-state index is 0.00985. The molecular formula is C15H20ClNO4. The minimum Gasteiger partial charge on any atom is -0.493 e. The van der Waals surface area contributed by atoms with Gasteiger partial charge in [-0.2, -0.15) is 0 Å². The molecule has 21 heavy (non-hydrogen) atoms. The molecule has 116 valence electrons. The second-order valence-corrected chi connectivity index (χ2v) is 5.03. The van der Waals surface area contributed by atoms with Crippen LogP contribution in [0.4, 0.5) is 0 Å². The van der Waals surface area contributed by atoms with Crippen LogP contribution in [0.5, 0.6) is 5.75 Å². The van der Waals surface area contributed by atoms with Crippen molar-refractivity contribution in [3.05, 3.63) is 28.8 Å². The number of rotatable bonds is 9. The van der Waals surface area contributed by atoms with Crippen LogP contribution in [-0.4, -0.2) is 30.1 Å². The van der Waals surface area contributed by atoms with Gasteiger partial charge in [0.25, 0.3) is 0 Å². The van der Waals surface area contributed by atoms with Crippen LogP contribution in [0.2, 0.25) is 5.02 Å². The molecule has 1 aromatic rings. The van der Waals surface area contributed by atoms with Gasteiger partial charge in [0.05, 0.1) is 13.0 Å². The number of hydrogen-bond donors (Lipinski definition) is 2. The summed E-state index contributed by atoms with van der Waals surface area (Å²) in [5.74, 6) is -0.480. The van der Waals surface area contributed by atoms with Crippen molar-refractivity contribution in [3.8, 4) is 5.75 Å². The number of hydrogen-bond acceptors (Lipinski definition) is 3. The van der Waals surface area contributed by atoms with Crippen LogP contribution in [0, 0.1) is 0 Å². The maximum absolute atomic E-state index is 11.4. The summed E-state index contributed by atoms with van der Waals surface area (Å²) in [6.45, 7) is 3.07. The molecule has 0 spiro atoms. The van der Waals surface area contributed by atoms with E-state index in [1.165, 1.54) is 0 Å². The first kappa shape index (κ1) is 17.3. The van der Waals surface area contributed by atoms with Gasteiger partial charge >= 0.3 is 5.97 Å². The van der Waals surface area contributed by atoms with Crippen molar-refractivity contribution in [2.75, 3.05) is 13.2 Å². The summed E-state index contributed by atoms with van der Waals surface area (Å²) in [5.41, 5.74) is 0.925. The number of carboxylic acids is 1. The third kappa shape index (κ3) is 6.99. The summed E-state index contributed by atoms with van der Waals surface area (Å²) < 4.78 is 5.63. The Bertz CT molecular complexity index is 491. The topological polar surface area (TPSA) is 75.6 Å². The van der Waals surface area contributed by atoms with Gasteiger partial charge in [0.15, 0.2) is 0 Å². The molecule has 0 radical (unpaired) electrons. The summed E-state index contributed by atoms with van der Waals surface area (Å²) >= 11 is 5.97. The minimum atomic E-state index is -0.977. The summed E-state index contributed by atoms with van der Waals surface area (Å²) in [6.07, 6.45) is 1.32. The van der Waals surface area contributed by atoms with Crippen molar-refractivity contribution in [3.63, 3.8) is 0 Å². The molecular weight excluding hydrogens is 294 g/mol. The molecule has 0 saturated heterocycles. The third-order valence-corrected chi connectivity index (χ3v) is 3.00. The molecule has 0 saturated carbocycles. The van der Waals surface area contributed by atoms with Crippen molar-refractivity contribution in [2.45, 2.75) is 32.6 Å². The fourth-order valence-electron chi connectivity index (χ4n) is 1.74. The van der Waals surface area contributed by atoms with E-state index in [0.29, 0.717) is 24.6 Å². The van der Waals surface area contributed by atoms with Crippen LogP contribution < -0.4 is 10.1 Å². The van der Waals surface area contributed by atoms with Gasteiger partial charge in [0, 0.05) is 18.0 Å². The SMILES string of the molecule is CCCOc1ccc(Cl)cc1CCNC(=O)CCC(=O)O. The summed E-state index contributed by atoms with van der Waals surface area (Å²) in [5, 5.41) is 11.8. The van der Waals surface area contributed by atoms with Crippen LogP contribution in [0.25, 0.3) is 0 Å². The zero-order chi connectivity index (χ0) is 15.7. The largest absolute Gasteiger partial charge is 0.493 e. The highest BCUT2D eigenvalue weighted by molar-refractivity contribution is 6.30. The smallest absolute Gasteiger partial charge is 0.303 e. The van der Waals surface area contributed by atoms with Gasteiger partial charge in [-0.1, -0.05) is 18.5 Å². The summed E-state index contributed by atoms with van der Waals surface area (Å²) in [7, 11) is 0. The molecule has 0 bridgehead atoms. The molecule has 5 nitrogen and oxygen atoms in total. The predicted molar refractivity (Wildman–Crippen MR) is 80.8 cm³/mol. The molecule has 0 fully saturated rings. The van der Waals surface area contributed by atoms with E-state index in [1.54, 1.807) is 6.07 Å². The highest BCUT2D eigenvalue weighted by Gasteiger charge is 2.07. The first-order valence-corrected chi connectivity index (χ1v) is 7.30. The lowest BCUT2D eigenvalue weighted by Crippen LogP contribution is -2.26. The lowest BCUT2D eigenvalue weighted by atomic mass is 10.1. The van der Waals surface area contributed by atoms with Crippen molar-refractivity contribution in [1.29, 1.82) is 0 Å². The number of aliphatic carboxylic acids is 1. The molecule has 1 aromatic carbocycles. The average molecular weight is 314 g/mol. The monoisotopic (exact) mass is 313 g/mol. The Kier molecular flexibility index (Phi) is 7.61. The van der Waals surface area contributed by atoms with Gasteiger partial charge in [-0.05, 0) is 36.6 Å². The molecule has 0 aliphatic rings. The van der Waals surface area contributed by atoms with E-state index >= 15 is 0 Å². The Hall–Kier alpha value is -1.75. The second-order valence-electron chi connectivity index (χ2n) is 4.59. The number of nitrogens with one attached hydrogen (secondary N) is 1. The summed E-state index contributed by atoms with van der Waals surface area (Å²) in [6, 6.07) is 5.40. The van der Waals surface area contributed by atoms with E-state index in [2.05, 4.69) is 5.32 Å². The fourth-order valence-corrected chi connectivity index (χ4v) is 1.94. The summed E-state index contributed by atoms with van der Waals surface area (Å²) in [4.78, 5) is 21.8. The highest BCUT2D eigenvalue weighted by Crippen LogP contribution is 2.23. The van der Waals surface area contributed by atoms with E-state index in [9.17, 15) is 9.59 Å². The van der Waals surface area contributed by atoms with Crippen molar-refractivity contribution in [2.24, 2.45) is 0 Å². The Morgan fingerprint density at radius 3 is 2.76 bits per heavy atom. The Balaban J connectivity index is 2.48. The first-order chi connectivity index (χ1) is 10.0. The fraction of sp³-hybridized carbons (Fsp3) is 0.467. The Morgan fingerprint density at radius 2 is 2.10 bits per heavy atom. The lowest BCUT2D eigenvalue weighted by molar-refractivity contribution is -0.138. The van der Waals surface area contributed by atoms with Gasteiger partial charge < -0.3 is 15.2 Å². The molecule has 1 rings (SSSR count). The van der Waals surface area contributed by atoms with Gasteiger partial charge in [-0.25, -0.2) is 0 Å². The number of halogens is 1. The highest BCUT2D eigenvalue weighted by atomic mass is 35.5. The molecule has 6 heteroatoms. The van der Waals surface area contributed by atoms with Crippen molar-refractivity contribution in [1.82, 2.24) is 5.32 Å². The molecule has 0 aromatic heterocycles. The zero-order valence-corrected chi connectivity index (χ0v) is 12.8. The number of amides is 1. The van der Waals surface area contributed by atoms with E-state index in [-0.39, 0.29) is 18.7 Å². The second kappa shape index (κ2) is 9.23. The molecule has 0 aliphatic carbocycles. The average Bonchev–Trinajstić information content (AvgIpc) is 2.44. The zero-order valence-electron chi connectivity index (χ0n) is 12.0. The molecule has 0 unspecified atom stereocenters. The third-order valence-electron chi connectivity index (χ3n) is 2.77. The molecule has 0 heterocycles. The standard InChI is InChI=1S/C15H20ClNO4/c1-2-9-21-13-4-3-12(16)10-11(13)7-8-17-14(18)5-6-15(19)20/h3-4,10H,2,5-9H2,1H3,(H,17,18)(H,19,20). The molecule has 0 atom stereocenters. The maximum atomic E-state index is 11.4. The number of ether oxygens (including phenoxy) is 1. The lowest BCUT2D eigenvalue weighted by Gasteiger charge is -2.12. The quantitative estimate of drug-likeness (QED) is 0.735. The molecule has 1 amide bonds. The van der Waals surface area contributed by atoms with Crippen LogP contribution in [0.1, 0.15) is 31.7 Å². The van der Waals surface area contributed by atoms with Gasteiger partial charge in [0.2, 0.25) is 5.91 Å². The van der Waals surface area contributed by atoms with Crippen LogP contribution in [0.15, 0.2) is 18.2 Å². The number of benzene rings is 1. The van der Waals surface area contributed by atoms with Crippen LogP contribution in [0.3, 0.4) is 0 Å². The molecule has 0 aliphatic heterocycles. The molecule has 2 N–H and O–H groups in total. The first-order valence-electron chi connectivity index (χ1n) is 6.92. The van der Waals surface area contributed by atoms with Gasteiger partial charge in [-0.15, -0.1) is 0 Å². The van der Waals surface area contributed by atoms with Crippen molar-refractivity contribution < 1.29 is 19.4 Å². The van der Waals surface area contributed by atoms with Crippen molar-refractivity contribution >= 4 is 23.5 Å². The van der Waals surface area contributed by atoms with Crippen LogP contribution >= 0.6 is 11.6 Å². The van der Waals surface area contributed by atoms with E-state index in [0.717, 1.165) is 17.7 Å². The number of carboxylic acid groups (broad SMARTS) is 1. The normalized spacial score (nSPS) is 10.2.